The van der Waals surface area contributed by atoms with Gasteiger partial charge in [-0.25, -0.2) is 0 Å². The van der Waals surface area contributed by atoms with Crippen LogP contribution in [0.1, 0.15) is 32.6 Å². The summed E-state index contributed by atoms with van der Waals surface area (Å²) in [5, 5.41) is 3.36. The third-order valence-corrected chi connectivity index (χ3v) is 3.93. The minimum absolute atomic E-state index is 0.203. The van der Waals surface area contributed by atoms with E-state index in [9.17, 15) is 0 Å². The fourth-order valence-corrected chi connectivity index (χ4v) is 3.04. The zero-order chi connectivity index (χ0) is 12.4. The van der Waals surface area contributed by atoms with E-state index in [0.717, 1.165) is 5.69 Å². The highest BCUT2D eigenvalue weighted by Gasteiger charge is 2.17. The van der Waals surface area contributed by atoms with E-state index >= 15 is 0 Å². The number of thiophene rings is 1. The molecule has 1 atom stereocenters. The fourth-order valence-electron chi connectivity index (χ4n) is 2.05. The first kappa shape index (κ1) is 12.3. The Labute approximate surface area is 107 Å². The molecule has 0 bridgehead atoms. The number of nitrogens with zero attached hydrogens (tertiary/aromatic N) is 1. The standard InChI is InChI=1S/C14H18N2S/c1-9-7-10(2)13(16-8-9)14(15-4)12-6-5-11(3)17-12/h5-8,14-15H,1-4H3. The molecule has 0 spiro atoms. The number of aryl methyl sites for hydroxylation is 3. The summed E-state index contributed by atoms with van der Waals surface area (Å²) >= 11 is 1.83. The summed E-state index contributed by atoms with van der Waals surface area (Å²) in [6.07, 6.45) is 1.94. The average molecular weight is 246 g/mol. The van der Waals surface area contributed by atoms with Crippen molar-refractivity contribution in [2.45, 2.75) is 26.8 Å². The Morgan fingerprint density at radius 1 is 1.24 bits per heavy atom. The maximum absolute atomic E-state index is 4.58. The van der Waals surface area contributed by atoms with E-state index < -0.39 is 0 Å². The minimum Gasteiger partial charge on any atom is -0.307 e. The topological polar surface area (TPSA) is 24.9 Å². The van der Waals surface area contributed by atoms with Gasteiger partial charge in [0.05, 0.1) is 11.7 Å². The quantitative estimate of drug-likeness (QED) is 0.898. The molecule has 1 unspecified atom stereocenters. The van der Waals surface area contributed by atoms with Gasteiger partial charge in [-0.1, -0.05) is 6.07 Å². The number of hydrogen-bond donors (Lipinski definition) is 1. The Morgan fingerprint density at radius 2 is 2.00 bits per heavy atom. The van der Waals surface area contributed by atoms with Crippen LogP contribution in [0.4, 0.5) is 0 Å². The summed E-state index contributed by atoms with van der Waals surface area (Å²) in [5.74, 6) is 0. The number of aromatic nitrogens is 1. The number of rotatable bonds is 3. The van der Waals surface area contributed by atoms with Crippen molar-refractivity contribution in [2.24, 2.45) is 0 Å². The molecule has 2 heterocycles. The van der Waals surface area contributed by atoms with Crippen LogP contribution in [0.25, 0.3) is 0 Å². The Kier molecular flexibility index (Phi) is 3.60. The van der Waals surface area contributed by atoms with Gasteiger partial charge >= 0.3 is 0 Å². The van der Waals surface area contributed by atoms with Crippen LogP contribution in [0, 0.1) is 20.8 Å². The van der Waals surface area contributed by atoms with E-state index in [-0.39, 0.29) is 6.04 Å². The van der Waals surface area contributed by atoms with Crippen molar-refractivity contribution in [3.05, 3.63) is 51.0 Å². The molecule has 0 saturated heterocycles. The van der Waals surface area contributed by atoms with Crippen LogP contribution in [0.2, 0.25) is 0 Å². The van der Waals surface area contributed by atoms with Gasteiger partial charge in [0.2, 0.25) is 0 Å². The summed E-state index contributed by atoms with van der Waals surface area (Å²) in [6.45, 7) is 6.34. The van der Waals surface area contributed by atoms with E-state index in [1.54, 1.807) is 0 Å². The Morgan fingerprint density at radius 3 is 2.53 bits per heavy atom. The minimum atomic E-state index is 0.203. The Hall–Kier alpha value is -1.19. The molecule has 2 aromatic rings. The van der Waals surface area contributed by atoms with Crippen molar-refractivity contribution in [3.8, 4) is 0 Å². The highest BCUT2D eigenvalue weighted by atomic mass is 32.1. The van der Waals surface area contributed by atoms with Crippen LogP contribution in [-0.4, -0.2) is 12.0 Å². The third kappa shape index (κ3) is 2.56. The average Bonchev–Trinajstić information content (AvgIpc) is 2.69. The molecular formula is C14H18N2S. The van der Waals surface area contributed by atoms with Gasteiger partial charge in [0.1, 0.15) is 0 Å². The van der Waals surface area contributed by atoms with Crippen LogP contribution in [0.5, 0.6) is 0 Å². The molecule has 0 aromatic carbocycles. The molecule has 0 amide bonds. The molecule has 0 aliphatic rings. The monoisotopic (exact) mass is 246 g/mol. The second-order valence-corrected chi connectivity index (χ2v) is 5.70. The van der Waals surface area contributed by atoms with E-state index in [0.29, 0.717) is 0 Å². The molecule has 2 rings (SSSR count). The van der Waals surface area contributed by atoms with Gasteiger partial charge in [0.15, 0.2) is 0 Å². The van der Waals surface area contributed by atoms with Gasteiger partial charge in [-0.15, -0.1) is 11.3 Å². The molecular weight excluding hydrogens is 228 g/mol. The maximum Gasteiger partial charge on any atom is 0.0845 e. The summed E-state index contributed by atoms with van der Waals surface area (Å²) in [5.41, 5.74) is 3.58. The first-order chi connectivity index (χ1) is 8.11. The van der Waals surface area contributed by atoms with Crippen LogP contribution < -0.4 is 5.32 Å². The molecule has 0 fully saturated rings. The lowest BCUT2D eigenvalue weighted by molar-refractivity contribution is 0.676. The first-order valence-electron chi connectivity index (χ1n) is 5.78. The van der Waals surface area contributed by atoms with Gasteiger partial charge in [-0.2, -0.15) is 0 Å². The molecule has 90 valence electrons. The zero-order valence-electron chi connectivity index (χ0n) is 10.7. The van der Waals surface area contributed by atoms with E-state index in [4.69, 9.17) is 0 Å². The van der Waals surface area contributed by atoms with Gasteiger partial charge in [0.25, 0.3) is 0 Å². The maximum atomic E-state index is 4.58. The molecule has 17 heavy (non-hydrogen) atoms. The van der Waals surface area contributed by atoms with E-state index in [2.05, 4.69) is 49.3 Å². The number of nitrogens with one attached hydrogen (secondary N) is 1. The van der Waals surface area contributed by atoms with Crippen LogP contribution >= 0.6 is 11.3 Å². The Balaban J connectivity index is 2.42. The van der Waals surface area contributed by atoms with Crippen molar-refractivity contribution in [1.82, 2.24) is 10.3 Å². The molecule has 3 heteroatoms. The summed E-state index contributed by atoms with van der Waals surface area (Å²) in [7, 11) is 1.99. The smallest absolute Gasteiger partial charge is 0.0845 e. The molecule has 1 N–H and O–H groups in total. The van der Waals surface area contributed by atoms with Crippen molar-refractivity contribution in [2.75, 3.05) is 7.05 Å². The SMILES string of the molecule is CNC(c1ccc(C)s1)c1ncc(C)cc1C. The lowest BCUT2D eigenvalue weighted by Crippen LogP contribution is -2.19. The van der Waals surface area contributed by atoms with E-state index in [1.165, 1.54) is 20.9 Å². The normalized spacial score (nSPS) is 12.7. The van der Waals surface area contributed by atoms with Crippen molar-refractivity contribution >= 4 is 11.3 Å². The molecule has 0 aliphatic heterocycles. The zero-order valence-corrected chi connectivity index (χ0v) is 11.6. The van der Waals surface area contributed by atoms with Crippen molar-refractivity contribution in [3.63, 3.8) is 0 Å². The van der Waals surface area contributed by atoms with Gasteiger partial charge < -0.3 is 5.32 Å². The Bertz CT molecular complexity index is 517. The van der Waals surface area contributed by atoms with Crippen molar-refractivity contribution in [1.29, 1.82) is 0 Å². The summed E-state index contributed by atoms with van der Waals surface area (Å²) in [6, 6.07) is 6.73. The molecule has 2 nitrogen and oxygen atoms in total. The second kappa shape index (κ2) is 4.98. The second-order valence-electron chi connectivity index (χ2n) is 4.38. The first-order valence-corrected chi connectivity index (χ1v) is 6.60. The fraction of sp³-hybridized carbons (Fsp3) is 0.357. The predicted octanol–water partition coefficient (Wildman–Crippen LogP) is 3.38. The summed E-state index contributed by atoms with van der Waals surface area (Å²) in [4.78, 5) is 7.24. The largest absolute Gasteiger partial charge is 0.307 e. The van der Waals surface area contributed by atoms with Crippen molar-refractivity contribution < 1.29 is 0 Å². The van der Waals surface area contributed by atoms with Crippen LogP contribution in [-0.2, 0) is 0 Å². The van der Waals surface area contributed by atoms with Gasteiger partial charge in [-0.05, 0) is 51.1 Å². The number of pyridine rings is 1. The lowest BCUT2D eigenvalue weighted by atomic mass is 10.1. The molecule has 0 aliphatic carbocycles. The molecule has 0 saturated carbocycles. The van der Waals surface area contributed by atoms with Gasteiger partial charge in [-0.3, -0.25) is 4.98 Å². The summed E-state index contributed by atoms with van der Waals surface area (Å²) < 4.78 is 0. The van der Waals surface area contributed by atoms with Gasteiger partial charge in [0, 0.05) is 16.0 Å². The highest BCUT2D eigenvalue weighted by molar-refractivity contribution is 7.12. The van der Waals surface area contributed by atoms with Crippen LogP contribution in [0.15, 0.2) is 24.4 Å². The highest BCUT2D eigenvalue weighted by Crippen LogP contribution is 2.28. The molecule has 2 aromatic heterocycles. The third-order valence-electron chi connectivity index (χ3n) is 2.86. The van der Waals surface area contributed by atoms with Crippen LogP contribution in [0.3, 0.4) is 0 Å². The lowest BCUT2D eigenvalue weighted by Gasteiger charge is -2.16. The number of hydrogen-bond acceptors (Lipinski definition) is 3. The molecule has 0 radical (unpaired) electrons. The predicted molar refractivity (Wildman–Crippen MR) is 73.7 cm³/mol. The van der Waals surface area contributed by atoms with E-state index in [1.807, 2.05) is 24.6 Å².